The van der Waals surface area contributed by atoms with E-state index in [4.69, 9.17) is 25.3 Å². The molecule has 4 bridgehead atoms. The molecule has 6 heteroatoms. The van der Waals surface area contributed by atoms with Gasteiger partial charge in [0, 0.05) is 83.1 Å². The third kappa shape index (κ3) is 6.41. The summed E-state index contributed by atoms with van der Waals surface area (Å²) in [7, 11) is 0. The van der Waals surface area contributed by atoms with Crippen LogP contribution in [-0.4, -0.2) is 51.0 Å². The second-order valence-electron chi connectivity index (χ2n) is 7.43. The van der Waals surface area contributed by atoms with E-state index in [1.165, 1.54) is 11.1 Å². The Labute approximate surface area is 190 Å². The lowest BCUT2D eigenvalue weighted by atomic mass is 10.1. The molecule has 1 heterocycles. The fraction of sp³-hybridized carbons (Fsp3) is 0.333. The Hall–Kier alpha value is -2.18. The van der Waals surface area contributed by atoms with Crippen LogP contribution in [0, 0.1) is 13.8 Å². The molecule has 4 nitrogen and oxygen atoms in total. The van der Waals surface area contributed by atoms with E-state index in [0.717, 1.165) is 71.1 Å². The van der Waals surface area contributed by atoms with E-state index in [1.807, 2.05) is 24.9 Å². The van der Waals surface area contributed by atoms with Gasteiger partial charge in [-0.05, 0) is 62.1 Å². The molecule has 0 saturated heterocycles. The lowest BCUT2D eigenvalue weighted by Crippen LogP contribution is -1.97. The highest BCUT2D eigenvalue weighted by Crippen LogP contribution is 2.20. The highest BCUT2D eigenvalue weighted by Gasteiger charge is 2.05. The van der Waals surface area contributed by atoms with Crippen molar-refractivity contribution >= 4 is 50.1 Å². The maximum atomic E-state index is 4.69. The molecule has 0 atom stereocenters. The highest BCUT2D eigenvalue weighted by molar-refractivity contribution is 7.80. The van der Waals surface area contributed by atoms with E-state index in [2.05, 4.69) is 58.1 Å². The van der Waals surface area contributed by atoms with Gasteiger partial charge < -0.3 is 0 Å². The molecular formula is C24H28N4S2. The summed E-state index contributed by atoms with van der Waals surface area (Å²) in [5.74, 6) is 0. The Morgan fingerprint density at radius 3 is 1.07 bits per heavy atom. The van der Waals surface area contributed by atoms with E-state index in [1.54, 1.807) is 0 Å². The first-order chi connectivity index (χ1) is 14.5. The van der Waals surface area contributed by atoms with Crippen LogP contribution in [0.4, 0.5) is 0 Å². The van der Waals surface area contributed by atoms with E-state index in [9.17, 15) is 0 Å². The van der Waals surface area contributed by atoms with Gasteiger partial charge in [-0.3, -0.25) is 20.0 Å². The van der Waals surface area contributed by atoms with Crippen LogP contribution in [0.3, 0.4) is 0 Å². The fourth-order valence-electron chi connectivity index (χ4n) is 3.22. The standard InChI is InChI=1S/C24H28N4S2/c1-17-9-19-13-25-5-3-7-27-15-21-11-18(2)12-22(24(21)30)16-28-8-4-6-26-14-20(10-17)23(19)29/h9-16,29-30H,3-8H2,1-2H3. The van der Waals surface area contributed by atoms with Crippen molar-refractivity contribution in [3.05, 3.63) is 57.6 Å². The van der Waals surface area contributed by atoms with Crippen molar-refractivity contribution < 1.29 is 0 Å². The number of aliphatic imine (C=N–C) groups is 4. The zero-order valence-corrected chi connectivity index (χ0v) is 19.3. The largest absolute Gasteiger partial charge is 0.292 e. The molecule has 0 spiro atoms. The smallest absolute Gasteiger partial charge is 0.0407 e. The highest BCUT2D eigenvalue weighted by atomic mass is 32.1. The molecule has 0 unspecified atom stereocenters. The van der Waals surface area contributed by atoms with Crippen molar-refractivity contribution in [3.8, 4) is 0 Å². The lowest BCUT2D eigenvalue weighted by molar-refractivity contribution is 0.849. The van der Waals surface area contributed by atoms with Gasteiger partial charge in [0.25, 0.3) is 0 Å². The third-order valence-electron chi connectivity index (χ3n) is 4.70. The minimum absolute atomic E-state index is 0.724. The Balaban J connectivity index is 1.83. The van der Waals surface area contributed by atoms with Gasteiger partial charge in [-0.25, -0.2) is 0 Å². The molecule has 2 aromatic rings. The zero-order valence-electron chi connectivity index (χ0n) is 17.5. The van der Waals surface area contributed by atoms with E-state index in [-0.39, 0.29) is 0 Å². The van der Waals surface area contributed by atoms with Crippen LogP contribution in [0.2, 0.25) is 0 Å². The molecule has 0 saturated carbocycles. The van der Waals surface area contributed by atoms with Crippen LogP contribution in [-0.2, 0) is 0 Å². The van der Waals surface area contributed by atoms with Crippen molar-refractivity contribution in [2.45, 2.75) is 36.5 Å². The Morgan fingerprint density at radius 2 is 0.800 bits per heavy atom. The molecule has 30 heavy (non-hydrogen) atoms. The van der Waals surface area contributed by atoms with E-state index >= 15 is 0 Å². The topological polar surface area (TPSA) is 49.4 Å². The molecular weight excluding hydrogens is 408 g/mol. The summed E-state index contributed by atoms with van der Waals surface area (Å²) in [4.78, 5) is 20.1. The molecule has 0 aromatic heterocycles. The van der Waals surface area contributed by atoms with Crippen molar-refractivity contribution in [2.75, 3.05) is 26.2 Å². The van der Waals surface area contributed by atoms with Crippen LogP contribution >= 0.6 is 25.3 Å². The molecule has 0 radical (unpaired) electrons. The van der Waals surface area contributed by atoms with Gasteiger partial charge in [0.15, 0.2) is 0 Å². The van der Waals surface area contributed by atoms with E-state index < -0.39 is 0 Å². The summed E-state index contributed by atoms with van der Waals surface area (Å²) in [5.41, 5.74) is 6.43. The quantitative estimate of drug-likeness (QED) is 0.543. The van der Waals surface area contributed by atoms with Gasteiger partial charge in [0.05, 0.1) is 0 Å². The van der Waals surface area contributed by atoms with Gasteiger partial charge >= 0.3 is 0 Å². The van der Waals surface area contributed by atoms with Crippen molar-refractivity contribution in [3.63, 3.8) is 0 Å². The monoisotopic (exact) mass is 436 g/mol. The summed E-state index contributed by atoms with van der Waals surface area (Å²) < 4.78 is 0. The number of benzene rings is 2. The number of hydrogen-bond acceptors (Lipinski definition) is 6. The number of hydrogen-bond donors (Lipinski definition) is 2. The van der Waals surface area contributed by atoms with Crippen LogP contribution < -0.4 is 0 Å². The molecule has 3 rings (SSSR count). The minimum atomic E-state index is 0.724. The Kier molecular flexibility index (Phi) is 8.46. The minimum Gasteiger partial charge on any atom is -0.292 e. The second kappa shape index (κ2) is 11.3. The van der Waals surface area contributed by atoms with Gasteiger partial charge in [-0.15, -0.1) is 25.3 Å². The normalized spacial score (nSPS) is 15.3. The zero-order chi connectivity index (χ0) is 21.3. The lowest BCUT2D eigenvalue weighted by Gasteiger charge is -2.07. The van der Waals surface area contributed by atoms with Crippen LogP contribution in [0.5, 0.6) is 0 Å². The summed E-state index contributed by atoms with van der Waals surface area (Å²) in [6.07, 6.45) is 9.39. The maximum absolute atomic E-state index is 4.69. The third-order valence-corrected chi connectivity index (χ3v) is 5.73. The van der Waals surface area contributed by atoms with Gasteiger partial charge in [-0.1, -0.05) is 0 Å². The molecule has 156 valence electrons. The van der Waals surface area contributed by atoms with Crippen molar-refractivity contribution in [2.24, 2.45) is 20.0 Å². The molecule has 0 fully saturated rings. The molecule has 0 amide bonds. The van der Waals surface area contributed by atoms with Crippen LogP contribution in [0.1, 0.15) is 46.2 Å². The number of rotatable bonds is 0. The Bertz CT molecular complexity index is 855. The predicted octanol–water partition coefficient (Wildman–Crippen LogP) is 5.05. The summed E-state index contributed by atoms with van der Waals surface area (Å²) in [5, 5.41) is 0. The fourth-order valence-corrected chi connectivity index (χ4v) is 3.71. The van der Waals surface area contributed by atoms with Crippen molar-refractivity contribution in [1.82, 2.24) is 0 Å². The molecule has 1 aliphatic rings. The van der Waals surface area contributed by atoms with Gasteiger partial charge in [0.1, 0.15) is 0 Å². The van der Waals surface area contributed by atoms with Crippen LogP contribution in [0.25, 0.3) is 0 Å². The number of fused-ring (bicyclic) bond motifs is 4. The second-order valence-corrected chi connectivity index (χ2v) is 8.33. The van der Waals surface area contributed by atoms with Gasteiger partial charge in [0.2, 0.25) is 0 Å². The average molecular weight is 437 g/mol. The first-order valence-corrected chi connectivity index (χ1v) is 11.1. The first kappa shape index (κ1) is 22.5. The Morgan fingerprint density at radius 1 is 0.533 bits per heavy atom. The summed E-state index contributed by atoms with van der Waals surface area (Å²) in [6, 6.07) is 8.41. The average Bonchev–Trinajstić information content (AvgIpc) is 2.71. The van der Waals surface area contributed by atoms with Crippen molar-refractivity contribution in [1.29, 1.82) is 0 Å². The number of nitrogens with zero attached hydrogens (tertiary/aromatic N) is 4. The van der Waals surface area contributed by atoms with Gasteiger partial charge in [-0.2, -0.15) is 0 Å². The number of aryl methyl sites for hydroxylation is 2. The van der Waals surface area contributed by atoms with E-state index in [0.29, 0.717) is 0 Å². The summed E-state index contributed by atoms with van der Waals surface area (Å²) in [6.45, 7) is 7.05. The molecule has 0 N–H and O–H groups in total. The van der Waals surface area contributed by atoms with Crippen LogP contribution in [0.15, 0.2) is 54.0 Å². The maximum Gasteiger partial charge on any atom is 0.0407 e. The SMILES string of the molecule is Cc1cc2c(S)c(c1)C=NCCCN=Cc1cc(C)cc(c1S)C=NCCCN=C2. The summed E-state index contributed by atoms with van der Waals surface area (Å²) >= 11 is 9.39. The first-order valence-electron chi connectivity index (χ1n) is 10.2. The molecule has 2 aromatic carbocycles. The molecule has 1 aliphatic heterocycles. The predicted molar refractivity (Wildman–Crippen MR) is 136 cm³/mol. The number of thiol groups is 2. The molecule has 0 aliphatic carbocycles.